The Morgan fingerprint density at radius 1 is 1.25 bits per heavy atom. The molecular weight excluding hydrogens is 330 g/mol. The third-order valence-corrected chi connectivity index (χ3v) is 6.07. The zero-order valence-electron chi connectivity index (χ0n) is 13.3. The predicted octanol–water partition coefficient (Wildman–Crippen LogP) is 1.54. The number of amides is 1. The molecule has 1 saturated heterocycles. The Morgan fingerprint density at radius 3 is 2.67 bits per heavy atom. The average Bonchev–Trinajstić information content (AvgIpc) is 3.09. The minimum Gasteiger partial charge on any atom is -0.291 e. The second kappa shape index (κ2) is 6.70. The summed E-state index contributed by atoms with van der Waals surface area (Å²) in [5, 5.41) is 8.71. The van der Waals surface area contributed by atoms with Gasteiger partial charge in [-0.25, -0.2) is 13.5 Å². The molecule has 1 aliphatic heterocycles. The number of aromatic nitrogens is 3. The van der Waals surface area contributed by atoms with E-state index in [2.05, 4.69) is 20.5 Å². The first-order valence-electron chi connectivity index (χ1n) is 7.76. The van der Waals surface area contributed by atoms with Gasteiger partial charge in [-0.2, -0.15) is 14.4 Å². The minimum atomic E-state index is -3.59. The van der Waals surface area contributed by atoms with Crippen LogP contribution >= 0.6 is 0 Å². The van der Waals surface area contributed by atoms with Crippen LogP contribution in [0.5, 0.6) is 0 Å². The highest BCUT2D eigenvalue weighted by Gasteiger charge is 2.28. The van der Waals surface area contributed by atoms with Crippen molar-refractivity contribution in [3.05, 3.63) is 35.7 Å². The smallest absolute Gasteiger partial charge is 0.258 e. The first kappa shape index (κ1) is 16.6. The Bertz CT molecular complexity index is 827. The third-order valence-electron chi connectivity index (χ3n) is 4.03. The summed E-state index contributed by atoms with van der Waals surface area (Å²) in [7, 11) is -3.59. The standard InChI is InChI=1S/C15H19N5O3S/c1-11-5-6-12(14(21)18-15-16-10-17-19-15)9-13(11)24(22,23)20-7-3-2-4-8-20/h5-6,9-10H,2-4,7-8H2,1H3,(H2,16,17,18,19,21). The molecule has 0 spiro atoms. The van der Waals surface area contributed by atoms with Crippen LogP contribution in [0.25, 0.3) is 0 Å². The number of sulfonamides is 1. The van der Waals surface area contributed by atoms with Crippen molar-refractivity contribution >= 4 is 21.9 Å². The molecule has 0 saturated carbocycles. The molecule has 1 aromatic carbocycles. The number of rotatable bonds is 4. The summed E-state index contributed by atoms with van der Waals surface area (Å²) in [6, 6.07) is 4.66. The normalized spacial score (nSPS) is 16.0. The Kier molecular flexibility index (Phi) is 4.63. The number of nitrogens with zero attached hydrogens (tertiary/aromatic N) is 3. The van der Waals surface area contributed by atoms with Crippen LogP contribution in [-0.4, -0.2) is 46.9 Å². The second-order valence-electron chi connectivity index (χ2n) is 5.73. The van der Waals surface area contributed by atoms with Gasteiger partial charge in [0.2, 0.25) is 16.0 Å². The molecule has 1 aromatic heterocycles. The number of hydrogen-bond acceptors (Lipinski definition) is 5. The quantitative estimate of drug-likeness (QED) is 0.870. The molecular formula is C15H19N5O3S. The third kappa shape index (κ3) is 3.31. The van der Waals surface area contributed by atoms with E-state index in [0.717, 1.165) is 19.3 Å². The van der Waals surface area contributed by atoms with Crippen LogP contribution in [0.2, 0.25) is 0 Å². The molecule has 1 fully saturated rings. The Balaban J connectivity index is 1.89. The molecule has 1 aliphatic rings. The van der Waals surface area contributed by atoms with Gasteiger partial charge in [-0.3, -0.25) is 10.1 Å². The first-order valence-corrected chi connectivity index (χ1v) is 9.20. The van der Waals surface area contributed by atoms with Crippen LogP contribution < -0.4 is 5.32 Å². The molecule has 8 nitrogen and oxygen atoms in total. The van der Waals surface area contributed by atoms with Gasteiger partial charge in [0.05, 0.1) is 4.90 Å². The van der Waals surface area contributed by atoms with Crippen molar-refractivity contribution in [2.45, 2.75) is 31.1 Å². The molecule has 0 radical (unpaired) electrons. The van der Waals surface area contributed by atoms with E-state index in [0.29, 0.717) is 18.7 Å². The highest BCUT2D eigenvalue weighted by Crippen LogP contribution is 2.24. The van der Waals surface area contributed by atoms with Crippen molar-refractivity contribution < 1.29 is 13.2 Å². The summed E-state index contributed by atoms with van der Waals surface area (Å²) in [4.78, 5) is 16.3. The number of aromatic amines is 1. The lowest BCUT2D eigenvalue weighted by atomic mass is 10.1. The van der Waals surface area contributed by atoms with Crippen LogP contribution in [0, 0.1) is 6.92 Å². The number of aryl methyl sites for hydroxylation is 1. The van der Waals surface area contributed by atoms with E-state index >= 15 is 0 Å². The highest BCUT2D eigenvalue weighted by molar-refractivity contribution is 7.89. The molecule has 24 heavy (non-hydrogen) atoms. The number of nitrogens with one attached hydrogen (secondary N) is 2. The van der Waals surface area contributed by atoms with E-state index < -0.39 is 15.9 Å². The van der Waals surface area contributed by atoms with Crippen LogP contribution in [-0.2, 0) is 10.0 Å². The van der Waals surface area contributed by atoms with Gasteiger partial charge in [0.1, 0.15) is 6.33 Å². The van der Waals surface area contributed by atoms with Crippen molar-refractivity contribution in [3.63, 3.8) is 0 Å². The van der Waals surface area contributed by atoms with Gasteiger partial charge in [0.15, 0.2) is 0 Å². The van der Waals surface area contributed by atoms with Crippen molar-refractivity contribution in [1.82, 2.24) is 19.5 Å². The Morgan fingerprint density at radius 2 is 2.00 bits per heavy atom. The number of hydrogen-bond donors (Lipinski definition) is 2. The minimum absolute atomic E-state index is 0.176. The molecule has 9 heteroatoms. The summed E-state index contributed by atoms with van der Waals surface area (Å²) in [5.41, 5.74) is 0.879. The van der Waals surface area contributed by atoms with Crippen molar-refractivity contribution in [1.29, 1.82) is 0 Å². The lowest BCUT2D eigenvalue weighted by Crippen LogP contribution is -2.36. The maximum atomic E-state index is 12.9. The van der Waals surface area contributed by atoms with Crippen LogP contribution in [0.3, 0.4) is 0 Å². The van der Waals surface area contributed by atoms with E-state index in [9.17, 15) is 13.2 Å². The molecule has 2 N–H and O–H groups in total. The maximum Gasteiger partial charge on any atom is 0.258 e. The van der Waals surface area contributed by atoms with Gasteiger partial charge in [0, 0.05) is 18.7 Å². The Hall–Kier alpha value is -2.26. The van der Waals surface area contributed by atoms with E-state index in [1.165, 1.54) is 16.7 Å². The fourth-order valence-electron chi connectivity index (χ4n) is 2.71. The lowest BCUT2D eigenvalue weighted by molar-refractivity contribution is 0.102. The largest absolute Gasteiger partial charge is 0.291 e. The number of carbonyl (C=O) groups excluding carboxylic acids is 1. The summed E-state index contributed by atoms with van der Waals surface area (Å²) in [5.74, 6) is -0.233. The van der Waals surface area contributed by atoms with Gasteiger partial charge >= 0.3 is 0 Å². The van der Waals surface area contributed by atoms with Gasteiger partial charge in [-0.05, 0) is 37.5 Å². The second-order valence-corrected chi connectivity index (χ2v) is 7.64. The fraction of sp³-hybridized carbons (Fsp3) is 0.400. The molecule has 1 amide bonds. The van der Waals surface area contributed by atoms with E-state index in [-0.39, 0.29) is 16.4 Å². The topological polar surface area (TPSA) is 108 Å². The number of anilines is 1. The maximum absolute atomic E-state index is 12.9. The SMILES string of the molecule is Cc1ccc(C(=O)Nc2ncn[nH]2)cc1S(=O)(=O)N1CCCCC1. The van der Waals surface area contributed by atoms with E-state index in [4.69, 9.17) is 0 Å². The molecule has 0 aliphatic carbocycles. The zero-order chi connectivity index (χ0) is 17.2. The molecule has 2 aromatic rings. The Labute approximate surface area is 140 Å². The first-order chi connectivity index (χ1) is 11.5. The van der Waals surface area contributed by atoms with Crippen molar-refractivity contribution in [3.8, 4) is 0 Å². The van der Waals surface area contributed by atoms with Crippen LogP contribution in [0.1, 0.15) is 35.2 Å². The van der Waals surface area contributed by atoms with Gasteiger partial charge in [-0.15, -0.1) is 0 Å². The van der Waals surface area contributed by atoms with Crippen LogP contribution in [0.15, 0.2) is 29.4 Å². The van der Waals surface area contributed by atoms with Gasteiger partial charge < -0.3 is 0 Å². The molecule has 0 unspecified atom stereocenters. The van der Waals surface area contributed by atoms with Crippen LogP contribution in [0.4, 0.5) is 5.95 Å². The number of carbonyl (C=O) groups is 1. The lowest BCUT2D eigenvalue weighted by Gasteiger charge is -2.26. The van der Waals surface area contributed by atoms with E-state index in [1.54, 1.807) is 19.1 Å². The zero-order valence-corrected chi connectivity index (χ0v) is 14.1. The number of benzene rings is 1. The summed E-state index contributed by atoms with van der Waals surface area (Å²) in [6.07, 6.45) is 4.05. The monoisotopic (exact) mass is 349 g/mol. The fourth-order valence-corrected chi connectivity index (χ4v) is 4.48. The van der Waals surface area contributed by atoms with Gasteiger partial charge in [-0.1, -0.05) is 12.5 Å². The van der Waals surface area contributed by atoms with Gasteiger partial charge in [0.25, 0.3) is 5.91 Å². The summed E-state index contributed by atoms with van der Waals surface area (Å²) in [6.45, 7) is 2.78. The summed E-state index contributed by atoms with van der Waals surface area (Å²) < 4.78 is 27.2. The molecule has 2 heterocycles. The molecule has 0 bridgehead atoms. The average molecular weight is 349 g/mol. The van der Waals surface area contributed by atoms with Crippen molar-refractivity contribution in [2.75, 3.05) is 18.4 Å². The highest BCUT2D eigenvalue weighted by atomic mass is 32.2. The molecule has 128 valence electrons. The van der Waals surface area contributed by atoms with E-state index in [1.807, 2.05) is 0 Å². The number of piperidine rings is 1. The number of H-pyrrole nitrogens is 1. The molecule has 3 rings (SSSR count). The predicted molar refractivity (Wildman–Crippen MR) is 88.1 cm³/mol. The summed E-state index contributed by atoms with van der Waals surface area (Å²) >= 11 is 0. The van der Waals surface area contributed by atoms with Crippen molar-refractivity contribution in [2.24, 2.45) is 0 Å². The molecule has 0 atom stereocenters.